The first kappa shape index (κ1) is 33.3. The van der Waals surface area contributed by atoms with Gasteiger partial charge >= 0.3 is 0 Å². The highest BCUT2D eigenvalue weighted by Gasteiger charge is 2.52. The van der Waals surface area contributed by atoms with Gasteiger partial charge in [0.25, 0.3) is 11.8 Å². The number of aliphatic hydroxyl groups excluding tert-OH is 1. The van der Waals surface area contributed by atoms with Gasteiger partial charge < -0.3 is 25.2 Å². The zero-order valence-electron chi connectivity index (χ0n) is 27.4. The number of amides is 2. The van der Waals surface area contributed by atoms with E-state index >= 15 is 0 Å². The summed E-state index contributed by atoms with van der Waals surface area (Å²) < 4.78 is 7.19. The molecule has 0 spiro atoms. The minimum atomic E-state index is -1.83. The molecule has 0 saturated heterocycles. The SMILES string of the molecule is COc1ccc2c(c1)[C@@](O)([C@H](C)/C=C/CCn1cc(C(CO)c3ccccc3)nn1)C(=O)N2Cc1cccc(NC(=O)c2ccccc2)c1. The summed E-state index contributed by atoms with van der Waals surface area (Å²) in [6, 6.07) is 31.3. The molecule has 0 saturated carbocycles. The molecule has 0 bridgehead atoms. The number of hydrogen-bond donors (Lipinski definition) is 3. The van der Waals surface area contributed by atoms with Crippen LogP contribution in [0.25, 0.3) is 0 Å². The van der Waals surface area contributed by atoms with E-state index in [1.807, 2.05) is 92.0 Å². The summed E-state index contributed by atoms with van der Waals surface area (Å²) in [5, 5.41) is 33.6. The molecule has 0 fully saturated rings. The lowest BCUT2D eigenvalue weighted by Gasteiger charge is -2.28. The monoisotopic (exact) mass is 657 g/mol. The molecular weight excluding hydrogens is 618 g/mol. The molecule has 1 aliphatic rings. The number of benzene rings is 4. The molecule has 4 aromatic carbocycles. The summed E-state index contributed by atoms with van der Waals surface area (Å²) in [6.45, 7) is 2.47. The van der Waals surface area contributed by atoms with Gasteiger partial charge in [0, 0.05) is 35.5 Å². The number of hydrogen-bond acceptors (Lipinski definition) is 7. The molecule has 0 aliphatic carbocycles. The van der Waals surface area contributed by atoms with Crippen LogP contribution in [0.4, 0.5) is 11.4 Å². The molecule has 2 amide bonds. The van der Waals surface area contributed by atoms with Gasteiger partial charge in [-0.05, 0) is 60.0 Å². The fourth-order valence-corrected chi connectivity index (χ4v) is 6.22. The summed E-state index contributed by atoms with van der Waals surface area (Å²) in [5.41, 5.74) is 2.83. The number of anilines is 2. The lowest BCUT2D eigenvalue weighted by atomic mass is 9.83. The van der Waals surface area contributed by atoms with E-state index in [4.69, 9.17) is 4.74 Å². The Morgan fingerprint density at radius 3 is 2.49 bits per heavy atom. The van der Waals surface area contributed by atoms with Crippen molar-refractivity contribution in [3.05, 3.63) is 149 Å². The molecule has 49 heavy (non-hydrogen) atoms. The van der Waals surface area contributed by atoms with Crippen LogP contribution in [0.1, 0.15) is 52.0 Å². The van der Waals surface area contributed by atoms with Gasteiger partial charge in [-0.15, -0.1) is 5.10 Å². The van der Waals surface area contributed by atoms with Gasteiger partial charge in [-0.25, -0.2) is 0 Å². The second kappa shape index (κ2) is 14.7. The summed E-state index contributed by atoms with van der Waals surface area (Å²) >= 11 is 0. The molecule has 3 N–H and O–H groups in total. The average Bonchev–Trinajstić information content (AvgIpc) is 3.68. The van der Waals surface area contributed by atoms with Crippen molar-refractivity contribution in [1.29, 1.82) is 0 Å². The van der Waals surface area contributed by atoms with Gasteiger partial charge in [-0.1, -0.05) is 85.0 Å². The summed E-state index contributed by atoms with van der Waals surface area (Å²) in [5.74, 6) is -0.969. The summed E-state index contributed by atoms with van der Waals surface area (Å²) in [4.78, 5) is 28.5. The molecule has 6 rings (SSSR count). The van der Waals surface area contributed by atoms with E-state index in [2.05, 4.69) is 15.6 Å². The molecule has 1 aromatic heterocycles. The first-order valence-corrected chi connectivity index (χ1v) is 16.2. The third-order valence-electron chi connectivity index (χ3n) is 8.94. The maximum absolute atomic E-state index is 14.1. The quantitative estimate of drug-likeness (QED) is 0.139. The average molecular weight is 658 g/mol. The first-order chi connectivity index (χ1) is 23.8. The van der Waals surface area contributed by atoms with Crippen LogP contribution in [-0.2, 0) is 23.5 Å². The number of aliphatic hydroxyl groups is 2. The topological polar surface area (TPSA) is 130 Å². The minimum absolute atomic E-state index is 0.0771. The predicted octanol–water partition coefficient (Wildman–Crippen LogP) is 5.68. The second-order valence-corrected chi connectivity index (χ2v) is 12.1. The number of nitrogens with one attached hydrogen (secondary N) is 1. The predicted molar refractivity (Wildman–Crippen MR) is 187 cm³/mol. The Morgan fingerprint density at radius 1 is 1.00 bits per heavy atom. The molecule has 250 valence electrons. The van der Waals surface area contributed by atoms with E-state index in [9.17, 15) is 19.8 Å². The highest BCUT2D eigenvalue weighted by Crippen LogP contribution is 2.47. The third kappa shape index (κ3) is 7.01. The Balaban J connectivity index is 1.16. The molecule has 5 aromatic rings. The van der Waals surface area contributed by atoms with Crippen LogP contribution >= 0.6 is 0 Å². The van der Waals surface area contributed by atoms with Gasteiger partial charge in [0.2, 0.25) is 0 Å². The molecule has 2 heterocycles. The van der Waals surface area contributed by atoms with E-state index in [-0.39, 0.29) is 25.0 Å². The third-order valence-corrected chi connectivity index (χ3v) is 8.94. The highest BCUT2D eigenvalue weighted by molar-refractivity contribution is 6.07. The Kier molecular flexibility index (Phi) is 9.98. The maximum atomic E-state index is 14.1. The highest BCUT2D eigenvalue weighted by atomic mass is 16.5. The van der Waals surface area contributed by atoms with Crippen LogP contribution < -0.4 is 15.0 Å². The molecule has 10 heteroatoms. The fraction of sp³-hybridized carbons (Fsp3) is 0.231. The lowest BCUT2D eigenvalue weighted by molar-refractivity contribution is -0.139. The van der Waals surface area contributed by atoms with Crippen LogP contribution in [-0.4, -0.2) is 50.7 Å². The lowest BCUT2D eigenvalue weighted by Crippen LogP contribution is -2.44. The number of ether oxygens (including phenoxy) is 1. The second-order valence-electron chi connectivity index (χ2n) is 12.1. The number of fused-ring (bicyclic) bond motifs is 1. The van der Waals surface area contributed by atoms with Crippen molar-refractivity contribution in [2.24, 2.45) is 5.92 Å². The Hall–Kier alpha value is -5.58. The number of aryl methyl sites for hydroxylation is 1. The number of carbonyl (C=O) groups is 2. The maximum Gasteiger partial charge on any atom is 0.264 e. The van der Waals surface area contributed by atoms with Crippen LogP contribution in [0.15, 0.2) is 121 Å². The van der Waals surface area contributed by atoms with Gasteiger partial charge in [-0.3, -0.25) is 14.3 Å². The van der Waals surface area contributed by atoms with E-state index in [1.54, 1.807) is 53.1 Å². The number of carbonyl (C=O) groups excluding carboxylic acids is 2. The van der Waals surface area contributed by atoms with E-state index < -0.39 is 17.4 Å². The Morgan fingerprint density at radius 2 is 1.76 bits per heavy atom. The molecule has 0 radical (unpaired) electrons. The molecule has 10 nitrogen and oxygen atoms in total. The summed E-state index contributed by atoms with van der Waals surface area (Å²) in [7, 11) is 1.55. The minimum Gasteiger partial charge on any atom is -0.497 e. The number of aromatic nitrogens is 3. The van der Waals surface area contributed by atoms with Crippen molar-refractivity contribution in [3.8, 4) is 5.75 Å². The zero-order valence-corrected chi connectivity index (χ0v) is 27.4. The van der Waals surface area contributed by atoms with Crippen molar-refractivity contribution in [1.82, 2.24) is 15.0 Å². The Labute approximate surface area is 285 Å². The molecule has 1 unspecified atom stereocenters. The van der Waals surface area contributed by atoms with E-state index in [0.29, 0.717) is 46.9 Å². The number of nitrogens with zero attached hydrogens (tertiary/aromatic N) is 4. The van der Waals surface area contributed by atoms with E-state index in [0.717, 1.165) is 11.1 Å². The van der Waals surface area contributed by atoms with Gasteiger partial charge in [0.05, 0.1) is 37.6 Å². The van der Waals surface area contributed by atoms with Crippen molar-refractivity contribution in [3.63, 3.8) is 0 Å². The zero-order chi connectivity index (χ0) is 34.4. The number of methoxy groups -OCH3 is 1. The van der Waals surface area contributed by atoms with Crippen molar-refractivity contribution < 1.29 is 24.5 Å². The standard InChI is InChI=1S/C39H39N5O5/c1-27(12-9-10-21-43-25-35(41-42-43)33(26-45)29-14-5-3-6-15-29)39(48)34-23-32(49-2)19-20-36(34)44(38(39)47)24-28-13-11-18-31(22-28)40-37(46)30-16-7-4-8-17-30/h3-9,11-20,22-23,25,27,33,45,48H,10,21,24,26H2,1-2H3,(H,40,46)/b12-9+/t27-,33?,39+/m1/s1. The van der Waals surface area contributed by atoms with Gasteiger partial charge in [0.1, 0.15) is 5.75 Å². The van der Waals surface area contributed by atoms with Crippen LogP contribution in [0.5, 0.6) is 5.75 Å². The van der Waals surface area contributed by atoms with Gasteiger partial charge in [-0.2, -0.15) is 0 Å². The van der Waals surface area contributed by atoms with Crippen LogP contribution in [0.2, 0.25) is 0 Å². The van der Waals surface area contributed by atoms with Crippen LogP contribution in [0, 0.1) is 5.92 Å². The first-order valence-electron chi connectivity index (χ1n) is 16.2. The summed E-state index contributed by atoms with van der Waals surface area (Å²) in [6.07, 6.45) is 6.20. The van der Waals surface area contributed by atoms with Crippen molar-refractivity contribution in [2.75, 3.05) is 23.9 Å². The molecule has 3 atom stereocenters. The fourth-order valence-electron chi connectivity index (χ4n) is 6.22. The Bertz CT molecular complexity index is 1940. The molecule has 1 aliphatic heterocycles. The van der Waals surface area contributed by atoms with Crippen molar-refractivity contribution in [2.45, 2.75) is 38.0 Å². The smallest absolute Gasteiger partial charge is 0.264 e. The van der Waals surface area contributed by atoms with Crippen molar-refractivity contribution >= 4 is 23.2 Å². The normalized spacial score (nSPS) is 16.8. The van der Waals surface area contributed by atoms with Gasteiger partial charge in [0.15, 0.2) is 5.60 Å². The molecular formula is C39H39N5O5. The number of allylic oxidation sites excluding steroid dienone is 1. The number of rotatable bonds is 13. The van der Waals surface area contributed by atoms with Crippen LogP contribution in [0.3, 0.4) is 0 Å². The van der Waals surface area contributed by atoms with E-state index in [1.165, 1.54) is 0 Å². The largest absolute Gasteiger partial charge is 0.497 e.